The predicted octanol–water partition coefficient (Wildman–Crippen LogP) is 3.30. The predicted molar refractivity (Wildman–Crippen MR) is 63.7 cm³/mol. The average Bonchev–Trinajstić information content (AvgIpc) is 2.33. The summed E-state index contributed by atoms with van der Waals surface area (Å²) in [4.78, 5) is 15.9. The monoisotopic (exact) mass is 249 g/mol. The fourth-order valence-corrected chi connectivity index (χ4v) is 1.70. The van der Waals surface area contributed by atoms with Crippen LogP contribution in [-0.2, 0) is 6.42 Å². The lowest BCUT2D eigenvalue weighted by atomic mass is 10.1. The van der Waals surface area contributed by atoms with Gasteiger partial charge in [0.1, 0.15) is 5.82 Å². The van der Waals surface area contributed by atoms with Gasteiger partial charge in [0.2, 0.25) is 0 Å². The van der Waals surface area contributed by atoms with Crippen molar-refractivity contribution in [2.24, 2.45) is 0 Å². The number of ketones is 1. The molecule has 86 valence electrons. The number of benzene rings is 1. The van der Waals surface area contributed by atoms with Crippen molar-refractivity contribution in [1.29, 1.82) is 0 Å². The second kappa shape index (κ2) is 5.06. The SMILES string of the molecule is O=C(Cc1ccccn1)c1cc(F)ccc1Cl. The highest BCUT2D eigenvalue weighted by Crippen LogP contribution is 2.18. The van der Waals surface area contributed by atoms with Crippen molar-refractivity contribution in [1.82, 2.24) is 4.98 Å². The summed E-state index contributed by atoms with van der Waals surface area (Å²) in [5, 5.41) is 0.257. The summed E-state index contributed by atoms with van der Waals surface area (Å²) >= 11 is 5.85. The van der Waals surface area contributed by atoms with Gasteiger partial charge < -0.3 is 0 Å². The second-order valence-electron chi connectivity index (χ2n) is 3.55. The third-order valence-corrected chi connectivity index (χ3v) is 2.63. The first-order valence-corrected chi connectivity index (χ1v) is 5.43. The number of hydrogen-bond acceptors (Lipinski definition) is 2. The maximum Gasteiger partial charge on any atom is 0.170 e. The Morgan fingerprint density at radius 1 is 1.29 bits per heavy atom. The van der Waals surface area contributed by atoms with Gasteiger partial charge in [-0.1, -0.05) is 17.7 Å². The molecule has 0 radical (unpaired) electrons. The molecule has 2 aromatic rings. The van der Waals surface area contributed by atoms with Gasteiger partial charge in [0.05, 0.1) is 11.4 Å². The Labute approximate surface area is 103 Å². The first-order valence-electron chi connectivity index (χ1n) is 5.05. The number of rotatable bonds is 3. The Morgan fingerprint density at radius 3 is 2.82 bits per heavy atom. The van der Waals surface area contributed by atoms with Crippen molar-refractivity contribution >= 4 is 17.4 Å². The molecular weight excluding hydrogens is 241 g/mol. The van der Waals surface area contributed by atoms with Gasteiger partial charge >= 0.3 is 0 Å². The van der Waals surface area contributed by atoms with Crippen LogP contribution in [0.3, 0.4) is 0 Å². The number of carbonyl (C=O) groups excluding carboxylic acids is 1. The molecule has 1 heterocycles. The molecule has 2 nitrogen and oxygen atoms in total. The summed E-state index contributed by atoms with van der Waals surface area (Å²) < 4.78 is 13.0. The van der Waals surface area contributed by atoms with Crippen molar-refractivity contribution in [2.45, 2.75) is 6.42 Å². The van der Waals surface area contributed by atoms with Crippen LogP contribution in [0.5, 0.6) is 0 Å². The summed E-state index contributed by atoms with van der Waals surface area (Å²) in [7, 11) is 0. The minimum atomic E-state index is -0.473. The highest BCUT2D eigenvalue weighted by atomic mass is 35.5. The number of hydrogen-bond donors (Lipinski definition) is 0. The molecule has 0 spiro atoms. The molecule has 0 aliphatic carbocycles. The molecule has 1 aromatic carbocycles. The van der Waals surface area contributed by atoms with E-state index in [4.69, 9.17) is 11.6 Å². The van der Waals surface area contributed by atoms with E-state index < -0.39 is 5.82 Å². The van der Waals surface area contributed by atoms with E-state index in [1.54, 1.807) is 24.4 Å². The third kappa shape index (κ3) is 2.88. The molecule has 2 rings (SSSR count). The molecule has 0 N–H and O–H groups in total. The highest BCUT2D eigenvalue weighted by Gasteiger charge is 2.12. The maximum absolute atomic E-state index is 13.0. The van der Waals surface area contributed by atoms with E-state index in [1.807, 2.05) is 0 Å². The van der Waals surface area contributed by atoms with Gasteiger partial charge in [-0.25, -0.2) is 4.39 Å². The zero-order valence-corrected chi connectivity index (χ0v) is 9.62. The second-order valence-corrected chi connectivity index (χ2v) is 3.95. The van der Waals surface area contributed by atoms with Crippen molar-refractivity contribution in [3.05, 3.63) is 64.7 Å². The van der Waals surface area contributed by atoms with Crippen LogP contribution in [0.1, 0.15) is 16.1 Å². The number of Topliss-reactive ketones (excluding diaryl/α,β-unsaturated/α-hetero) is 1. The van der Waals surface area contributed by atoms with Crippen molar-refractivity contribution in [3.8, 4) is 0 Å². The van der Waals surface area contributed by atoms with E-state index in [0.717, 1.165) is 6.07 Å². The van der Waals surface area contributed by atoms with Crippen LogP contribution in [0, 0.1) is 5.82 Å². The molecule has 4 heteroatoms. The number of nitrogens with zero attached hydrogens (tertiary/aromatic N) is 1. The molecule has 0 unspecified atom stereocenters. The fourth-order valence-electron chi connectivity index (χ4n) is 1.47. The Morgan fingerprint density at radius 2 is 2.12 bits per heavy atom. The van der Waals surface area contributed by atoms with E-state index in [9.17, 15) is 9.18 Å². The van der Waals surface area contributed by atoms with E-state index in [-0.39, 0.29) is 22.8 Å². The van der Waals surface area contributed by atoms with Gasteiger partial charge in [-0.05, 0) is 30.3 Å². The number of halogens is 2. The Kier molecular flexibility index (Phi) is 3.49. The van der Waals surface area contributed by atoms with E-state index in [0.29, 0.717) is 5.69 Å². The molecule has 0 atom stereocenters. The molecule has 0 amide bonds. The van der Waals surface area contributed by atoms with Gasteiger partial charge in [-0.15, -0.1) is 0 Å². The molecule has 0 aliphatic heterocycles. The first-order chi connectivity index (χ1) is 8.16. The average molecular weight is 250 g/mol. The van der Waals surface area contributed by atoms with Crippen molar-refractivity contribution in [2.75, 3.05) is 0 Å². The topological polar surface area (TPSA) is 30.0 Å². The van der Waals surface area contributed by atoms with Crippen LogP contribution in [0.15, 0.2) is 42.6 Å². The Hall–Kier alpha value is -1.74. The largest absolute Gasteiger partial charge is 0.294 e. The number of pyridine rings is 1. The summed E-state index contributed by atoms with van der Waals surface area (Å²) in [6, 6.07) is 9.05. The molecule has 0 aliphatic rings. The van der Waals surface area contributed by atoms with E-state index in [2.05, 4.69) is 4.98 Å². The summed E-state index contributed by atoms with van der Waals surface area (Å²) in [5.41, 5.74) is 0.829. The highest BCUT2D eigenvalue weighted by molar-refractivity contribution is 6.34. The lowest BCUT2D eigenvalue weighted by Crippen LogP contribution is -2.06. The Bertz CT molecular complexity index is 542. The van der Waals surface area contributed by atoms with Crippen LogP contribution in [0.4, 0.5) is 4.39 Å². The minimum Gasteiger partial charge on any atom is -0.294 e. The number of aromatic nitrogens is 1. The van der Waals surface area contributed by atoms with E-state index >= 15 is 0 Å². The smallest absolute Gasteiger partial charge is 0.170 e. The number of carbonyl (C=O) groups is 1. The van der Waals surface area contributed by atoms with Crippen LogP contribution in [0.25, 0.3) is 0 Å². The summed E-state index contributed by atoms with van der Waals surface area (Å²) in [5.74, 6) is -0.716. The van der Waals surface area contributed by atoms with Gasteiger partial charge in [-0.2, -0.15) is 0 Å². The van der Waals surface area contributed by atoms with Gasteiger partial charge in [0, 0.05) is 17.5 Å². The third-order valence-electron chi connectivity index (χ3n) is 2.30. The standard InChI is InChI=1S/C13H9ClFNO/c14-12-5-4-9(15)7-11(12)13(17)8-10-3-1-2-6-16-10/h1-7H,8H2. The molecular formula is C13H9ClFNO. The fraction of sp³-hybridized carbons (Fsp3) is 0.0769. The molecule has 0 bridgehead atoms. The van der Waals surface area contributed by atoms with Crippen LogP contribution >= 0.6 is 11.6 Å². The van der Waals surface area contributed by atoms with Gasteiger partial charge in [0.25, 0.3) is 0 Å². The van der Waals surface area contributed by atoms with E-state index in [1.165, 1.54) is 12.1 Å². The lowest BCUT2D eigenvalue weighted by molar-refractivity contribution is 0.0991. The zero-order chi connectivity index (χ0) is 12.3. The molecule has 0 fully saturated rings. The normalized spacial score (nSPS) is 10.2. The van der Waals surface area contributed by atoms with Crippen LogP contribution < -0.4 is 0 Å². The molecule has 1 aromatic heterocycles. The van der Waals surface area contributed by atoms with Gasteiger partial charge in [0.15, 0.2) is 5.78 Å². The maximum atomic E-state index is 13.0. The zero-order valence-electron chi connectivity index (χ0n) is 8.86. The quantitative estimate of drug-likeness (QED) is 0.782. The van der Waals surface area contributed by atoms with Gasteiger partial charge in [-0.3, -0.25) is 9.78 Å². The summed E-state index contributed by atoms with van der Waals surface area (Å²) in [6.07, 6.45) is 1.72. The lowest BCUT2D eigenvalue weighted by Gasteiger charge is -2.03. The van der Waals surface area contributed by atoms with Crippen LogP contribution in [-0.4, -0.2) is 10.8 Å². The Balaban J connectivity index is 2.23. The minimum absolute atomic E-state index is 0.115. The summed E-state index contributed by atoms with van der Waals surface area (Å²) in [6.45, 7) is 0. The molecule has 0 saturated heterocycles. The molecule has 17 heavy (non-hydrogen) atoms. The van der Waals surface area contributed by atoms with Crippen LogP contribution in [0.2, 0.25) is 5.02 Å². The first kappa shape index (κ1) is 11.7. The molecule has 0 saturated carbocycles. The van der Waals surface area contributed by atoms with Crippen molar-refractivity contribution < 1.29 is 9.18 Å². The van der Waals surface area contributed by atoms with Crippen molar-refractivity contribution in [3.63, 3.8) is 0 Å².